The van der Waals surface area contributed by atoms with Gasteiger partial charge >= 0.3 is 0 Å². The molecule has 19 heavy (non-hydrogen) atoms. The number of rotatable bonds is 9. The van der Waals surface area contributed by atoms with E-state index in [1.165, 1.54) is 32.1 Å². The van der Waals surface area contributed by atoms with Gasteiger partial charge in [-0.05, 0) is 19.3 Å². The summed E-state index contributed by atoms with van der Waals surface area (Å²) >= 11 is 0. The Morgan fingerprint density at radius 3 is 2.74 bits per heavy atom. The monoisotopic (exact) mass is 271 g/mol. The molecule has 1 fully saturated rings. The van der Waals surface area contributed by atoms with Crippen LogP contribution < -0.4 is 11.1 Å². The summed E-state index contributed by atoms with van der Waals surface area (Å²) in [4.78, 5) is 14.2. The molecule has 1 rings (SSSR count). The zero-order valence-corrected chi connectivity index (χ0v) is 12.2. The molecule has 0 aliphatic heterocycles. The number of ether oxygens (including phenoxy) is 1. The van der Waals surface area contributed by atoms with Crippen molar-refractivity contribution >= 4 is 5.91 Å². The fraction of sp³-hybridized carbons (Fsp3) is 0.929. The lowest BCUT2D eigenvalue weighted by atomic mass is 9.94. The van der Waals surface area contributed by atoms with Gasteiger partial charge in [-0.25, -0.2) is 0 Å². The minimum Gasteiger partial charge on any atom is -0.385 e. The fourth-order valence-corrected chi connectivity index (χ4v) is 2.69. The maximum Gasteiger partial charge on any atom is 0.234 e. The number of hydrogen-bond acceptors (Lipinski definition) is 4. The Bertz CT molecular complexity index is 243. The minimum atomic E-state index is 0.107. The number of carbonyl (C=O) groups excluding carboxylic acids is 1. The second kappa shape index (κ2) is 10.2. The van der Waals surface area contributed by atoms with Crippen molar-refractivity contribution in [1.82, 2.24) is 10.2 Å². The summed E-state index contributed by atoms with van der Waals surface area (Å²) in [6.45, 7) is 3.29. The summed E-state index contributed by atoms with van der Waals surface area (Å²) in [7, 11) is 1.67. The molecule has 0 aromatic rings. The topological polar surface area (TPSA) is 67.6 Å². The highest BCUT2D eigenvalue weighted by Gasteiger charge is 2.22. The molecule has 0 aromatic carbocycles. The van der Waals surface area contributed by atoms with Gasteiger partial charge in [0, 0.05) is 39.4 Å². The molecule has 3 N–H and O–H groups in total. The molecule has 0 heterocycles. The molecule has 0 unspecified atom stereocenters. The number of nitrogens with zero attached hydrogens (tertiary/aromatic N) is 1. The maximum atomic E-state index is 11.9. The van der Waals surface area contributed by atoms with E-state index in [4.69, 9.17) is 10.5 Å². The first-order chi connectivity index (χ1) is 9.27. The van der Waals surface area contributed by atoms with Crippen LogP contribution in [-0.4, -0.2) is 56.7 Å². The highest BCUT2D eigenvalue weighted by atomic mass is 16.5. The molecule has 1 aliphatic rings. The van der Waals surface area contributed by atoms with Gasteiger partial charge in [0.05, 0.1) is 6.54 Å². The molecule has 5 heteroatoms. The van der Waals surface area contributed by atoms with E-state index in [9.17, 15) is 4.79 Å². The van der Waals surface area contributed by atoms with Crippen molar-refractivity contribution in [3.8, 4) is 0 Å². The highest BCUT2D eigenvalue weighted by Crippen LogP contribution is 2.22. The average molecular weight is 271 g/mol. The molecule has 0 aromatic heterocycles. The molecular formula is C14H29N3O2. The van der Waals surface area contributed by atoms with Crippen molar-refractivity contribution in [3.05, 3.63) is 0 Å². The van der Waals surface area contributed by atoms with E-state index in [2.05, 4.69) is 10.2 Å². The summed E-state index contributed by atoms with van der Waals surface area (Å²) in [6.07, 6.45) is 7.16. The molecule has 0 atom stereocenters. The van der Waals surface area contributed by atoms with Crippen molar-refractivity contribution in [3.63, 3.8) is 0 Å². The molecule has 1 saturated carbocycles. The van der Waals surface area contributed by atoms with Gasteiger partial charge in [-0.2, -0.15) is 0 Å². The number of methoxy groups -OCH3 is 1. The number of amides is 1. The molecule has 1 amide bonds. The van der Waals surface area contributed by atoms with Crippen LogP contribution >= 0.6 is 0 Å². The predicted octanol–water partition coefficient (Wildman–Crippen LogP) is 0.733. The average Bonchev–Trinajstić information content (AvgIpc) is 2.44. The third-order valence-electron chi connectivity index (χ3n) is 3.70. The Morgan fingerprint density at radius 1 is 1.37 bits per heavy atom. The van der Waals surface area contributed by atoms with Gasteiger partial charge in [0.1, 0.15) is 0 Å². The van der Waals surface area contributed by atoms with Crippen LogP contribution in [0.5, 0.6) is 0 Å². The van der Waals surface area contributed by atoms with Gasteiger partial charge in [0.25, 0.3) is 0 Å². The Morgan fingerprint density at radius 2 is 2.11 bits per heavy atom. The smallest absolute Gasteiger partial charge is 0.234 e. The van der Waals surface area contributed by atoms with Crippen molar-refractivity contribution in [2.45, 2.75) is 44.6 Å². The van der Waals surface area contributed by atoms with Gasteiger partial charge in [-0.1, -0.05) is 19.3 Å². The zero-order valence-electron chi connectivity index (χ0n) is 12.2. The third kappa shape index (κ3) is 6.89. The van der Waals surface area contributed by atoms with E-state index in [0.717, 1.165) is 13.0 Å². The molecule has 0 radical (unpaired) electrons. The number of nitrogens with two attached hydrogens (primary N) is 1. The first-order valence-corrected chi connectivity index (χ1v) is 7.47. The van der Waals surface area contributed by atoms with E-state index in [1.54, 1.807) is 7.11 Å². The van der Waals surface area contributed by atoms with E-state index < -0.39 is 0 Å². The molecule has 5 nitrogen and oxygen atoms in total. The van der Waals surface area contributed by atoms with Crippen molar-refractivity contribution in [2.24, 2.45) is 5.73 Å². The van der Waals surface area contributed by atoms with Gasteiger partial charge < -0.3 is 15.8 Å². The summed E-state index contributed by atoms with van der Waals surface area (Å²) in [5, 5.41) is 2.94. The van der Waals surface area contributed by atoms with Crippen LogP contribution in [0, 0.1) is 0 Å². The van der Waals surface area contributed by atoms with Crippen LogP contribution in [0.2, 0.25) is 0 Å². The Kier molecular flexibility index (Phi) is 8.79. The van der Waals surface area contributed by atoms with Crippen molar-refractivity contribution in [2.75, 3.05) is 39.9 Å². The predicted molar refractivity (Wildman–Crippen MR) is 77.0 cm³/mol. The van der Waals surface area contributed by atoms with Crippen LogP contribution in [0.4, 0.5) is 0 Å². The summed E-state index contributed by atoms with van der Waals surface area (Å²) in [5.41, 5.74) is 5.66. The molecule has 1 aliphatic carbocycles. The van der Waals surface area contributed by atoms with Gasteiger partial charge in [0.2, 0.25) is 5.91 Å². The quantitative estimate of drug-likeness (QED) is 0.607. The lowest BCUT2D eigenvalue weighted by Crippen LogP contribution is -2.46. The number of nitrogens with one attached hydrogen (secondary N) is 1. The number of hydrogen-bond donors (Lipinski definition) is 2. The van der Waals surface area contributed by atoms with Crippen LogP contribution in [0.15, 0.2) is 0 Å². The van der Waals surface area contributed by atoms with E-state index in [0.29, 0.717) is 32.3 Å². The van der Waals surface area contributed by atoms with Crippen LogP contribution in [0.1, 0.15) is 38.5 Å². The third-order valence-corrected chi connectivity index (χ3v) is 3.70. The first-order valence-electron chi connectivity index (χ1n) is 7.47. The zero-order chi connectivity index (χ0) is 13.9. The molecule has 0 saturated heterocycles. The molecular weight excluding hydrogens is 242 g/mol. The summed E-state index contributed by atoms with van der Waals surface area (Å²) in [6, 6.07) is 0.544. The summed E-state index contributed by atoms with van der Waals surface area (Å²) < 4.78 is 4.96. The largest absolute Gasteiger partial charge is 0.385 e. The molecule has 112 valence electrons. The van der Waals surface area contributed by atoms with Crippen molar-refractivity contribution < 1.29 is 9.53 Å². The van der Waals surface area contributed by atoms with Crippen molar-refractivity contribution in [1.29, 1.82) is 0 Å². The second-order valence-electron chi connectivity index (χ2n) is 5.25. The Balaban J connectivity index is 2.28. The van der Waals surface area contributed by atoms with Crippen LogP contribution in [0.25, 0.3) is 0 Å². The van der Waals surface area contributed by atoms with E-state index in [-0.39, 0.29) is 5.91 Å². The van der Waals surface area contributed by atoms with Gasteiger partial charge in [0.15, 0.2) is 0 Å². The minimum absolute atomic E-state index is 0.107. The maximum absolute atomic E-state index is 11.9. The van der Waals surface area contributed by atoms with E-state index in [1.807, 2.05) is 0 Å². The van der Waals surface area contributed by atoms with Gasteiger partial charge in [-0.15, -0.1) is 0 Å². The first kappa shape index (κ1) is 16.4. The standard InChI is InChI=1S/C14H29N3O2/c1-19-11-5-9-16-14(18)12-17(10-8-15)13-6-3-2-4-7-13/h13H,2-12,15H2,1H3,(H,16,18). The molecule has 0 spiro atoms. The fourth-order valence-electron chi connectivity index (χ4n) is 2.69. The van der Waals surface area contributed by atoms with Crippen LogP contribution in [0.3, 0.4) is 0 Å². The Labute approximate surface area is 116 Å². The highest BCUT2D eigenvalue weighted by molar-refractivity contribution is 5.78. The Hall–Kier alpha value is -0.650. The number of carbonyl (C=O) groups is 1. The van der Waals surface area contributed by atoms with Gasteiger partial charge in [-0.3, -0.25) is 9.69 Å². The van der Waals surface area contributed by atoms with Crippen LogP contribution in [-0.2, 0) is 9.53 Å². The summed E-state index contributed by atoms with van der Waals surface area (Å²) in [5.74, 6) is 0.107. The van der Waals surface area contributed by atoms with E-state index >= 15 is 0 Å². The normalized spacial score (nSPS) is 16.8. The lowest BCUT2D eigenvalue weighted by molar-refractivity contribution is -0.123. The second-order valence-corrected chi connectivity index (χ2v) is 5.25. The SMILES string of the molecule is COCCCNC(=O)CN(CCN)C1CCCCC1. The molecule has 0 bridgehead atoms. The lowest BCUT2D eigenvalue weighted by Gasteiger charge is -2.33.